The summed E-state index contributed by atoms with van der Waals surface area (Å²) < 4.78 is 0. The molecule has 4 aromatic heterocycles. The van der Waals surface area contributed by atoms with Gasteiger partial charge in [-0.05, 0) is 35.9 Å². The highest BCUT2D eigenvalue weighted by atomic mass is 32.1. The molecule has 7 heteroatoms. The third-order valence-corrected chi connectivity index (χ3v) is 5.76. The minimum atomic E-state index is -0.878. The molecule has 0 bridgehead atoms. The second-order valence-electron chi connectivity index (χ2n) is 6.30. The van der Waals surface area contributed by atoms with E-state index < -0.39 is 6.10 Å². The molecule has 0 amide bonds. The summed E-state index contributed by atoms with van der Waals surface area (Å²) in [5.41, 5.74) is 3.23. The van der Waals surface area contributed by atoms with Gasteiger partial charge in [-0.3, -0.25) is 4.98 Å². The van der Waals surface area contributed by atoms with Gasteiger partial charge in [0.05, 0.1) is 16.1 Å². The van der Waals surface area contributed by atoms with Gasteiger partial charge in [-0.1, -0.05) is 24.3 Å². The minimum Gasteiger partial charge on any atom is -0.382 e. The SMILES string of the molecule is OC(c1ccc2ccccc2n1)c1cc(-c2ccncc2)sc1-c1nnc[nH]1. The highest BCUT2D eigenvalue weighted by Gasteiger charge is 2.23. The van der Waals surface area contributed by atoms with E-state index in [4.69, 9.17) is 0 Å². The van der Waals surface area contributed by atoms with E-state index >= 15 is 0 Å². The monoisotopic (exact) mass is 385 g/mol. The first-order valence-corrected chi connectivity index (χ1v) is 9.55. The summed E-state index contributed by atoms with van der Waals surface area (Å²) in [6.07, 6.45) is 4.16. The molecule has 6 nitrogen and oxygen atoms in total. The summed E-state index contributed by atoms with van der Waals surface area (Å²) in [4.78, 5) is 13.6. The molecule has 4 heterocycles. The van der Waals surface area contributed by atoms with Crippen molar-refractivity contribution in [3.63, 3.8) is 0 Å². The van der Waals surface area contributed by atoms with Gasteiger partial charge in [0.1, 0.15) is 12.4 Å². The van der Waals surface area contributed by atoms with Crippen molar-refractivity contribution in [3.8, 4) is 21.1 Å². The van der Waals surface area contributed by atoms with Gasteiger partial charge in [0.25, 0.3) is 0 Å². The topological polar surface area (TPSA) is 87.6 Å². The van der Waals surface area contributed by atoms with Gasteiger partial charge in [0.15, 0.2) is 5.82 Å². The van der Waals surface area contributed by atoms with E-state index in [9.17, 15) is 5.11 Å². The number of rotatable bonds is 4. The van der Waals surface area contributed by atoms with E-state index in [1.807, 2.05) is 54.6 Å². The zero-order valence-corrected chi connectivity index (χ0v) is 15.5. The zero-order valence-electron chi connectivity index (χ0n) is 14.6. The van der Waals surface area contributed by atoms with Crippen molar-refractivity contribution in [2.75, 3.05) is 0 Å². The average Bonchev–Trinajstić information content (AvgIpc) is 3.43. The maximum Gasteiger partial charge on any atom is 0.171 e. The van der Waals surface area contributed by atoms with E-state index in [1.165, 1.54) is 6.33 Å². The van der Waals surface area contributed by atoms with E-state index in [0.717, 1.165) is 31.8 Å². The number of pyridine rings is 2. The van der Waals surface area contributed by atoms with Crippen LogP contribution in [0.4, 0.5) is 0 Å². The van der Waals surface area contributed by atoms with E-state index in [2.05, 4.69) is 25.1 Å². The van der Waals surface area contributed by atoms with Crippen LogP contribution in [0.15, 0.2) is 73.3 Å². The number of thiophene rings is 1. The molecule has 1 aromatic carbocycles. The lowest BCUT2D eigenvalue weighted by Gasteiger charge is -2.11. The number of benzene rings is 1. The third kappa shape index (κ3) is 2.96. The quantitative estimate of drug-likeness (QED) is 0.483. The lowest BCUT2D eigenvalue weighted by molar-refractivity contribution is 0.217. The van der Waals surface area contributed by atoms with Crippen LogP contribution in [0, 0.1) is 0 Å². The zero-order chi connectivity index (χ0) is 18.9. The summed E-state index contributed by atoms with van der Waals surface area (Å²) in [5.74, 6) is 0.625. The number of aromatic amines is 1. The number of hydrogen-bond acceptors (Lipinski definition) is 6. The Kier molecular flexibility index (Phi) is 4.16. The molecule has 136 valence electrons. The normalized spacial score (nSPS) is 12.3. The molecule has 2 N–H and O–H groups in total. The van der Waals surface area contributed by atoms with Gasteiger partial charge in [-0.15, -0.1) is 21.5 Å². The Balaban J connectivity index is 1.63. The second kappa shape index (κ2) is 6.95. The number of aliphatic hydroxyl groups excluding tert-OH is 1. The van der Waals surface area contributed by atoms with Crippen LogP contribution in [0.2, 0.25) is 0 Å². The Morgan fingerprint density at radius 2 is 1.86 bits per heavy atom. The number of para-hydroxylation sites is 1. The predicted octanol–water partition coefficient (Wildman–Crippen LogP) is 4.23. The molecule has 5 aromatic rings. The Morgan fingerprint density at radius 1 is 1.00 bits per heavy atom. The van der Waals surface area contributed by atoms with Gasteiger partial charge in [0.2, 0.25) is 0 Å². The van der Waals surface area contributed by atoms with Gasteiger partial charge in [-0.25, -0.2) is 4.98 Å². The fourth-order valence-electron chi connectivity index (χ4n) is 3.16. The summed E-state index contributed by atoms with van der Waals surface area (Å²) in [6, 6.07) is 17.6. The molecule has 0 saturated carbocycles. The van der Waals surface area contributed by atoms with E-state index in [1.54, 1.807) is 23.7 Å². The number of nitrogens with zero attached hydrogens (tertiary/aromatic N) is 4. The first-order valence-electron chi connectivity index (χ1n) is 8.74. The van der Waals surface area contributed by atoms with Crippen molar-refractivity contribution < 1.29 is 5.11 Å². The fraction of sp³-hybridized carbons (Fsp3) is 0.0476. The smallest absolute Gasteiger partial charge is 0.171 e. The Morgan fingerprint density at radius 3 is 2.68 bits per heavy atom. The highest BCUT2D eigenvalue weighted by molar-refractivity contribution is 7.19. The molecule has 0 aliphatic rings. The van der Waals surface area contributed by atoms with Crippen LogP contribution in [0.3, 0.4) is 0 Å². The maximum atomic E-state index is 11.2. The molecule has 0 spiro atoms. The van der Waals surface area contributed by atoms with E-state index in [-0.39, 0.29) is 0 Å². The summed E-state index contributed by atoms with van der Waals surface area (Å²) in [5, 5.41) is 20.2. The molecule has 28 heavy (non-hydrogen) atoms. The van der Waals surface area contributed by atoms with Crippen molar-refractivity contribution in [3.05, 3.63) is 84.6 Å². The molecule has 5 rings (SSSR count). The van der Waals surface area contributed by atoms with Crippen LogP contribution in [0.5, 0.6) is 0 Å². The lowest BCUT2D eigenvalue weighted by atomic mass is 10.0. The van der Waals surface area contributed by atoms with Crippen molar-refractivity contribution in [1.29, 1.82) is 0 Å². The number of hydrogen-bond donors (Lipinski definition) is 2. The van der Waals surface area contributed by atoms with Crippen LogP contribution in [0.1, 0.15) is 17.4 Å². The maximum absolute atomic E-state index is 11.2. The van der Waals surface area contributed by atoms with Crippen molar-refractivity contribution in [1.82, 2.24) is 25.1 Å². The summed E-state index contributed by atoms with van der Waals surface area (Å²) >= 11 is 1.55. The first-order chi connectivity index (χ1) is 13.8. The molecule has 0 aliphatic heterocycles. The highest BCUT2D eigenvalue weighted by Crippen LogP contribution is 2.41. The molecule has 0 radical (unpaired) electrons. The Hall–Kier alpha value is -3.42. The van der Waals surface area contributed by atoms with Gasteiger partial charge in [-0.2, -0.15) is 0 Å². The number of nitrogens with one attached hydrogen (secondary N) is 1. The van der Waals surface area contributed by atoms with Gasteiger partial charge < -0.3 is 10.1 Å². The fourth-order valence-corrected chi connectivity index (χ4v) is 4.31. The average molecular weight is 385 g/mol. The minimum absolute atomic E-state index is 0.596. The van der Waals surface area contributed by atoms with Crippen LogP contribution in [0.25, 0.3) is 32.0 Å². The van der Waals surface area contributed by atoms with Crippen LogP contribution in [-0.2, 0) is 0 Å². The Labute approximate surface area is 164 Å². The Bertz CT molecular complexity index is 1230. The molecule has 0 aliphatic carbocycles. The molecule has 1 unspecified atom stereocenters. The van der Waals surface area contributed by atoms with Gasteiger partial charge in [0, 0.05) is 28.2 Å². The van der Waals surface area contributed by atoms with Crippen LogP contribution in [-0.4, -0.2) is 30.3 Å². The molecule has 0 saturated heterocycles. The number of H-pyrrole nitrogens is 1. The molecular formula is C21H15N5OS. The molecule has 0 fully saturated rings. The van der Waals surface area contributed by atoms with Crippen LogP contribution >= 0.6 is 11.3 Å². The largest absolute Gasteiger partial charge is 0.382 e. The number of aliphatic hydroxyl groups is 1. The number of fused-ring (bicyclic) bond motifs is 1. The number of aromatic nitrogens is 5. The van der Waals surface area contributed by atoms with Crippen molar-refractivity contribution in [2.24, 2.45) is 0 Å². The van der Waals surface area contributed by atoms with Crippen molar-refractivity contribution >= 4 is 22.2 Å². The van der Waals surface area contributed by atoms with Crippen LogP contribution < -0.4 is 0 Å². The van der Waals surface area contributed by atoms with Gasteiger partial charge >= 0.3 is 0 Å². The van der Waals surface area contributed by atoms with Crippen molar-refractivity contribution in [2.45, 2.75) is 6.10 Å². The van der Waals surface area contributed by atoms with E-state index in [0.29, 0.717) is 11.5 Å². The summed E-state index contributed by atoms with van der Waals surface area (Å²) in [7, 11) is 0. The lowest BCUT2D eigenvalue weighted by Crippen LogP contribution is -2.03. The standard InChI is InChI=1S/C21H15N5OS/c27-19(17-6-5-13-3-1-2-4-16(13)25-17)15-11-18(14-7-9-22-10-8-14)28-20(15)21-23-12-24-26-21/h1-12,19,27H,(H,23,24,26). The second-order valence-corrected chi connectivity index (χ2v) is 7.35. The third-order valence-electron chi connectivity index (χ3n) is 4.55. The predicted molar refractivity (Wildman–Crippen MR) is 109 cm³/mol. The molecular weight excluding hydrogens is 370 g/mol. The molecule has 1 atom stereocenters. The summed E-state index contributed by atoms with van der Waals surface area (Å²) in [6.45, 7) is 0. The first kappa shape index (κ1) is 16.7.